The second-order valence-corrected chi connectivity index (χ2v) is 9.97. The Morgan fingerprint density at radius 2 is 1.74 bits per heavy atom. The lowest BCUT2D eigenvalue weighted by Gasteiger charge is -2.26. The SMILES string of the molecule is CCOC(=O)C1=C(C)N=c2s/c(=C/c3cc(OC)c(OC)c(OC)c3)c(=O)n2[C@H]1c1ccccc1OC(C)C. The summed E-state index contributed by atoms with van der Waals surface area (Å²) < 4.78 is 29.8. The Balaban J connectivity index is 1.98. The standard InChI is InChI=1S/C29H32N2O7S/c1-8-37-28(33)24-17(4)30-29-31(25(24)19-11-9-10-12-20(19)38-16(2)3)27(32)23(39-29)15-18-13-21(34-5)26(36-7)22(14-18)35-6/h9-16,25H,8H2,1-7H3/b23-15+/t25-/m0/s1. The van der Waals surface area contributed by atoms with Crippen LogP contribution >= 0.6 is 11.3 Å². The summed E-state index contributed by atoms with van der Waals surface area (Å²) in [4.78, 5) is 32.3. The fourth-order valence-electron chi connectivity index (χ4n) is 4.49. The van der Waals surface area contributed by atoms with E-state index in [4.69, 9.17) is 23.7 Å². The number of hydrogen-bond donors (Lipinski definition) is 0. The first-order valence-corrected chi connectivity index (χ1v) is 13.3. The van der Waals surface area contributed by atoms with Crippen molar-refractivity contribution in [3.05, 3.63) is 78.5 Å². The van der Waals surface area contributed by atoms with Crippen molar-refractivity contribution in [2.45, 2.75) is 39.8 Å². The van der Waals surface area contributed by atoms with Crippen LogP contribution in [0, 0.1) is 0 Å². The van der Waals surface area contributed by atoms with Gasteiger partial charge in [0.05, 0.1) is 49.8 Å². The number of esters is 1. The van der Waals surface area contributed by atoms with Crippen LogP contribution in [-0.2, 0) is 9.53 Å². The molecule has 1 aromatic heterocycles. The first-order chi connectivity index (χ1) is 18.7. The van der Waals surface area contributed by atoms with Crippen molar-refractivity contribution >= 4 is 23.4 Å². The topological polar surface area (TPSA) is 97.6 Å². The summed E-state index contributed by atoms with van der Waals surface area (Å²) in [6.45, 7) is 7.53. The minimum atomic E-state index is -0.780. The molecule has 0 amide bonds. The summed E-state index contributed by atoms with van der Waals surface area (Å²) in [6.07, 6.45) is 1.63. The second kappa shape index (κ2) is 11.8. The third-order valence-corrected chi connectivity index (χ3v) is 7.06. The van der Waals surface area contributed by atoms with E-state index < -0.39 is 12.0 Å². The number of para-hydroxylation sites is 1. The first kappa shape index (κ1) is 28.0. The molecule has 206 valence electrons. The van der Waals surface area contributed by atoms with Crippen molar-refractivity contribution < 1.29 is 28.5 Å². The summed E-state index contributed by atoms with van der Waals surface area (Å²) >= 11 is 1.23. The average Bonchev–Trinajstić information content (AvgIpc) is 3.21. The van der Waals surface area contributed by atoms with Crippen LogP contribution in [0.3, 0.4) is 0 Å². The highest BCUT2D eigenvalue weighted by molar-refractivity contribution is 7.07. The van der Waals surface area contributed by atoms with Crippen LogP contribution in [0.2, 0.25) is 0 Å². The molecule has 10 heteroatoms. The predicted molar refractivity (Wildman–Crippen MR) is 149 cm³/mol. The lowest BCUT2D eigenvalue weighted by molar-refractivity contribution is -0.139. The maximum atomic E-state index is 14.0. The fourth-order valence-corrected chi connectivity index (χ4v) is 5.54. The van der Waals surface area contributed by atoms with E-state index in [1.165, 1.54) is 37.2 Å². The number of allylic oxidation sites excluding steroid dienone is 1. The molecule has 0 saturated carbocycles. The molecule has 0 spiro atoms. The molecule has 0 aliphatic carbocycles. The zero-order chi connectivity index (χ0) is 28.3. The third-order valence-electron chi connectivity index (χ3n) is 6.08. The Bertz CT molecular complexity index is 1580. The third kappa shape index (κ3) is 5.42. The quantitative estimate of drug-likeness (QED) is 0.374. The number of thiazole rings is 1. The van der Waals surface area contributed by atoms with Gasteiger partial charge in [-0.1, -0.05) is 29.5 Å². The van der Waals surface area contributed by atoms with Gasteiger partial charge in [0.1, 0.15) is 11.8 Å². The number of fused-ring (bicyclic) bond motifs is 1. The largest absolute Gasteiger partial charge is 0.493 e. The molecule has 0 fully saturated rings. The fraction of sp³-hybridized carbons (Fsp3) is 0.345. The molecule has 3 aromatic rings. The van der Waals surface area contributed by atoms with Gasteiger partial charge in [-0.15, -0.1) is 0 Å². The lowest BCUT2D eigenvalue weighted by Crippen LogP contribution is -2.40. The molecule has 9 nitrogen and oxygen atoms in total. The Morgan fingerprint density at radius 3 is 2.33 bits per heavy atom. The molecular weight excluding hydrogens is 520 g/mol. The Hall–Kier alpha value is -4.05. The average molecular weight is 553 g/mol. The molecule has 0 N–H and O–H groups in total. The van der Waals surface area contributed by atoms with E-state index in [1.807, 2.05) is 38.1 Å². The Morgan fingerprint density at radius 1 is 1.08 bits per heavy atom. The summed E-state index contributed by atoms with van der Waals surface area (Å²) in [7, 11) is 4.60. The molecule has 1 atom stereocenters. The number of methoxy groups -OCH3 is 3. The van der Waals surface area contributed by atoms with Crippen LogP contribution in [0.15, 0.2) is 57.5 Å². The van der Waals surface area contributed by atoms with E-state index in [9.17, 15) is 9.59 Å². The van der Waals surface area contributed by atoms with E-state index >= 15 is 0 Å². The number of rotatable bonds is 9. The molecule has 39 heavy (non-hydrogen) atoms. The Labute approximate surface area is 230 Å². The molecule has 1 aliphatic heterocycles. The Kier molecular flexibility index (Phi) is 8.44. The zero-order valence-electron chi connectivity index (χ0n) is 23.1. The number of nitrogens with zero attached hydrogens (tertiary/aromatic N) is 2. The van der Waals surface area contributed by atoms with E-state index in [1.54, 1.807) is 32.1 Å². The highest BCUT2D eigenvalue weighted by atomic mass is 32.1. The number of carbonyl (C=O) groups excluding carboxylic acids is 1. The van der Waals surface area contributed by atoms with Gasteiger partial charge in [0, 0.05) is 5.56 Å². The molecule has 0 radical (unpaired) electrons. The molecule has 0 saturated heterocycles. The minimum Gasteiger partial charge on any atom is -0.493 e. The second-order valence-electron chi connectivity index (χ2n) is 8.97. The maximum absolute atomic E-state index is 14.0. The van der Waals surface area contributed by atoms with Crippen LogP contribution < -0.4 is 33.8 Å². The van der Waals surface area contributed by atoms with Crippen molar-refractivity contribution in [1.82, 2.24) is 4.57 Å². The first-order valence-electron chi connectivity index (χ1n) is 12.5. The van der Waals surface area contributed by atoms with Gasteiger partial charge >= 0.3 is 5.97 Å². The van der Waals surface area contributed by atoms with Gasteiger partial charge < -0.3 is 23.7 Å². The lowest BCUT2D eigenvalue weighted by atomic mass is 9.95. The number of benzene rings is 2. The predicted octanol–water partition coefficient (Wildman–Crippen LogP) is 3.61. The molecule has 2 aromatic carbocycles. The van der Waals surface area contributed by atoms with Gasteiger partial charge in [-0.05, 0) is 57.5 Å². The van der Waals surface area contributed by atoms with Crippen molar-refractivity contribution in [1.29, 1.82) is 0 Å². The van der Waals surface area contributed by atoms with Gasteiger partial charge in [0.25, 0.3) is 5.56 Å². The van der Waals surface area contributed by atoms with Crippen LogP contribution in [-0.4, -0.2) is 44.6 Å². The van der Waals surface area contributed by atoms with E-state index in [2.05, 4.69) is 4.99 Å². The van der Waals surface area contributed by atoms with E-state index in [0.717, 1.165) is 0 Å². The van der Waals surface area contributed by atoms with Gasteiger partial charge in [-0.2, -0.15) is 0 Å². The van der Waals surface area contributed by atoms with Gasteiger partial charge in [-0.25, -0.2) is 9.79 Å². The molecular formula is C29H32N2O7S. The number of ether oxygens (including phenoxy) is 5. The highest BCUT2D eigenvalue weighted by Gasteiger charge is 2.35. The summed E-state index contributed by atoms with van der Waals surface area (Å²) in [5.41, 5.74) is 1.83. The molecule has 2 heterocycles. The summed E-state index contributed by atoms with van der Waals surface area (Å²) in [5, 5.41) is 0. The van der Waals surface area contributed by atoms with Gasteiger partial charge in [0.2, 0.25) is 5.75 Å². The molecule has 0 bridgehead atoms. The molecule has 0 unspecified atom stereocenters. The van der Waals surface area contributed by atoms with Crippen molar-refractivity contribution in [2.24, 2.45) is 4.99 Å². The van der Waals surface area contributed by atoms with Crippen molar-refractivity contribution in [3.8, 4) is 23.0 Å². The highest BCUT2D eigenvalue weighted by Crippen LogP contribution is 2.39. The van der Waals surface area contributed by atoms with Gasteiger partial charge in [-0.3, -0.25) is 9.36 Å². The number of hydrogen-bond acceptors (Lipinski definition) is 9. The van der Waals surface area contributed by atoms with E-state index in [-0.39, 0.29) is 18.3 Å². The van der Waals surface area contributed by atoms with Crippen LogP contribution in [0.25, 0.3) is 6.08 Å². The summed E-state index contributed by atoms with van der Waals surface area (Å²) in [5.74, 6) is 1.44. The van der Waals surface area contributed by atoms with Crippen molar-refractivity contribution in [2.75, 3.05) is 27.9 Å². The maximum Gasteiger partial charge on any atom is 0.338 e. The minimum absolute atomic E-state index is 0.113. The van der Waals surface area contributed by atoms with E-state index in [0.29, 0.717) is 54.7 Å². The van der Waals surface area contributed by atoms with Gasteiger partial charge in [0.15, 0.2) is 16.3 Å². The molecule has 4 rings (SSSR count). The van der Waals surface area contributed by atoms with Crippen LogP contribution in [0.5, 0.6) is 23.0 Å². The van der Waals surface area contributed by atoms with Crippen molar-refractivity contribution in [3.63, 3.8) is 0 Å². The smallest absolute Gasteiger partial charge is 0.338 e. The number of carbonyl (C=O) groups is 1. The zero-order valence-corrected chi connectivity index (χ0v) is 23.9. The monoisotopic (exact) mass is 552 g/mol. The summed E-state index contributed by atoms with van der Waals surface area (Å²) in [6, 6.07) is 10.1. The van der Waals surface area contributed by atoms with Crippen LogP contribution in [0.1, 0.15) is 44.9 Å². The molecule has 1 aliphatic rings. The van der Waals surface area contributed by atoms with Crippen LogP contribution in [0.4, 0.5) is 0 Å². The normalized spacial score (nSPS) is 15.1. The number of aromatic nitrogens is 1.